The standard InChI is InChI=1S/C19H21ClN2O3S2/c1-13-4-3-5-18(14(13)2)21-19(23)16-12-15(6-7-17(16)20)27(24,25)22-8-10-26-11-9-22/h3-7,12H,8-11H2,1-2H3,(H,21,23). The van der Waals surface area contributed by atoms with Gasteiger partial charge in [0.25, 0.3) is 5.91 Å². The summed E-state index contributed by atoms with van der Waals surface area (Å²) in [6.07, 6.45) is 0. The van der Waals surface area contributed by atoms with Crippen LogP contribution in [0.15, 0.2) is 41.3 Å². The minimum Gasteiger partial charge on any atom is -0.322 e. The van der Waals surface area contributed by atoms with Crippen LogP contribution in [0.4, 0.5) is 5.69 Å². The van der Waals surface area contributed by atoms with Gasteiger partial charge in [-0.25, -0.2) is 8.42 Å². The fourth-order valence-corrected chi connectivity index (χ4v) is 5.66. The minimum atomic E-state index is -3.64. The van der Waals surface area contributed by atoms with Gasteiger partial charge in [-0.15, -0.1) is 0 Å². The molecule has 3 rings (SSSR count). The zero-order valence-corrected chi connectivity index (χ0v) is 17.5. The zero-order chi connectivity index (χ0) is 19.6. The number of rotatable bonds is 4. The molecule has 2 aromatic carbocycles. The molecule has 1 amide bonds. The van der Waals surface area contributed by atoms with E-state index in [9.17, 15) is 13.2 Å². The molecule has 0 unspecified atom stereocenters. The third-order valence-corrected chi connectivity index (χ3v) is 7.81. The molecule has 1 N–H and O–H groups in total. The molecular formula is C19H21ClN2O3S2. The second-order valence-corrected chi connectivity index (χ2v) is 9.93. The number of halogens is 1. The molecule has 0 saturated carbocycles. The van der Waals surface area contributed by atoms with Crippen molar-refractivity contribution in [1.82, 2.24) is 4.31 Å². The lowest BCUT2D eigenvalue weighted by Gasteiger charge is -2.25. The van der Waals surface area contributed by atoms with Gasteiger partial charge < -0.3 is 5.32 Å². The highest BCUT2D eigenvalue weighted by atomic mass is 35.5. The second kappa shape index (κ2) is 8.22. The Kier molecular flexibility index (Phi) is 6.15. The third-order valence-electron chi connectivity index (χ3n) is 4.64. The molecule has 0 aromatic heterocycles. The van der Waals surface area contributed by atoms with Crippen molar-refractivity contribution in [2.45, 2.75) is 18.7 Å². The van der Waals surface area contributed by atoms with E-state index in [4.69, 9.17) is 11.6 Å². The summed E-state index contributed by atoms with van der Waals surface area (Å²) in [4.78, 5) is 12.8. The molecule has 0 aliphatic carbocycles. The maximum absolute atomic E-state index is 12.9. The van der Waals surface area contributed by atoms with E-state index in [1.165, 1.54) is 22.5 Å². The first-order valence-electron chi connectivity index (χ1n) is 8.55. The van der Waals surface area contributed by atoms with Crippen molar-refractivity contribution in [1.29, 1.82) is 0 Å². The number of hydrogen-bond donors (Lipinski definition) is 1. The van der Waals surface area contributed by atoms with Crippen molar-refractivity contribution >= 4 is 45.0 Å². The number of amides is 1. The van der Waals surface area contributed by atoms with Crippen molar-refractivity contribution in [2.24, 2.45) is 0 Å². The summed E-state index contributed by atoms with van der Waals surface area (Å²) in [7, 11) is -3.64. The van der Waals surface area contributed by atoms with Crippen molar-refractivity contribution in [2.75, 3.05) is 29.9 Å². The van der Waals surface area contributed by atoms with Gasteiger partial charge >= 0.3 is 0 Å². The number of carbonyl (C=O) groups excluding carboxylic acids is 1. The first-order valence-corrected chi connectivity index (χ1v) is 11.5. The van der Waals surface area contributed by atoms with Crippen LogP contribution in [-0.4, -0.2) is 43.2 Å². The highest BCUT2D eigenvalue weighted by Gasteiger charge is 2.27. The average molecular weight is 425 g/mol. The van der Waals surface area contributed by atoms with Gasteiger partial charge in [-0.1, -0.05) is 23.7 Å². The highest BCUT2D eigenvalue weighted by Crippen LogP contribution is 2.26. The van der Waals surface area contributed by atoms with E-state index in [1.54, 1.807) is 17.8 Å². The zero-order valence-electron chi connectivity index (χ0n) is 15.2. The van der Waals surface area contributed by atoms with E-state index in [0.717, 1.165) is 22.6 Å². The van der Waals surface area contributed by atoms with E-state index in [-0.39, 0.29) is 15.5 Å². The summed E-state index contributed by atoms with van der Waals surface area (Å²) in [6, 6.07) is 9.90. The predicted octanol–water partition coefficient (Wildman–Crippen LogP) is 3.95. The van der Waals surface area contributed by atoms with E-state index in [2.05, 4.69) is 5.32 Å². The van der Waals surface area contributed by atoms with Gasteiger partial charge in [0.1, 0.15) is 0 Å². The Balaban J connectivity index is 1.91. The molecule has 1 saturated heterocycles. The monoisotopic (exact) mass is 424 g/mol. The first kappa shape index (κ1) is 20.2. The van der Waals surface area contributed by atoms with E-state index in [1.807, 2.05) is 26.0 Å². The molecule has 1 aliphatic heterocycles. The quantitative estimate of drug-likeness (QED) is 0.807. The van der Waals surface area contributed by atoms with Crippen LogP contribution < -0.4 is 5.32 Å². The number of carbonyl (C=O) groups is 1. The lowest BCUT2D eigenvalue weighted by molar-refractivity contribution is 0.102. The fourth-order valence-electron chi connectivity index (χ4n) is 2.85. The van der Waals surface area contributed by atoms with E-state index >= 15 is 0 Å². The van der Waals surface area contributed by atoms with Gasteiger partial charge in [0, 0.05) is 30.3 Å². The van der Waals surface area contributed by atoms with Gasteiger partial charge in [-0.2, -0.15) is 16.1 Å². The molecule has 2 aromatic rings. The topological polar surface area (TPSA) is 66.5 Å². The Morgan fingerprint density at radius 3 is 2.56 bits per heavy atom. The maximum Gasteiger partial charge on any atom is 0.257 e. The number of benzene rings is 2. The van der Waals surface area contributed by atoms with Crippen LogP contribution in [0.25, 0.3) is 0 Å². The summed E-state index contributed by atoms with van der Waals surface area (Å²) < 4.78 is 27.2. The SMILES string of the molecule is Cc1cccc(NC(=O)c2cc(S(=O)(=O)N3CCSCC3)ccc2Cl)c1C. The normalized spacial score (nSPS) is 15.5. The number of nitrogens with zero attached hydrogens (tertiary/aromatic N) is 1. The van der Waals surface area contributed by atoms with Crippen molar-refractivity contribution in [3.8, 4) is 0 Å². The Labute approximate surface area is 169 Å². The molecule has 144 valence electrons. The fraction of sp³-hybridized carbons (Fsp3) is 0.316. The average Bonchev–Trinajstić information content (AvgIpc) is 2.66. The number of thioether (sulfide) groups is 1. The molecule has 1 heterocycles. The van der Waals surface area contributed by atoms with Gasteiger partial charge in [0.15, 0.2) is 0 Å². The van der Waals surface area contributed by atoms with E-state index in [0.29, 0.717) is 18.8 Å². The summed E-state index contributed by atoms with van der Waals surface area (Å²) in [6.45, 7) is 4.82. The summed E-state index contributed by atoms with van der Waals surface area (Å²) in [5.41, 5.74) is 2.83. The molecule has 0 spiro atoms. The molecule has 5 nitrogen and oxygen atoms in total. The number of hydrogen-bond acceptors (Lipinski definition) is 4. The van der Waals surface area contributed by atoms with Gasteiger partial charge in [0.05, 0.1) is 15.5 Å². The molecule has 27 heavy (non-hydrogen) atoms. The van der Waals surface area contributed by atoms with Crippen LogP contribution >= 0.6 is 23.4 Å². The van der Waals surface area contributed by atoms with Crippen molar-refractivity contribution in [3.05, 3.63) is 58.1 Å². The number of anilines is 1. The lowest BCUT2D eigenvalue weighted by atomic mass is 10.1. The van der Waals surface area contributed by atoms with Crippen molar-refractivity contribution in [3.63, 3.8) is 0 Å². The second-order valence-electron chi connectivity index (χ2n) is 6.36. The summed E-state index contributed by atoms with van der Waals surface area (Å²) in [5, 5.41) is 3.05. The minimum absolute atomic E-state index is 0.0879. The molecule has 0 bridgehead atoms. The molecule has 0 atom stereocenters. The summed E-state index contributed by atoms with van der Waals surface area (Å²) in [5.74, 6) is 1.11. The maximum atomic E-state index is 12.9. The predicted molar refractivity (Wildman–Crippen MR) is 111 cm³/mol. The Morgan fingerprint density at radius 2 is 1.85 bits per heavy atom. The third kappa shape index (κ3) is 4.32. The molecule has 1 aliphatic rings. The number of aryl methyl sites for hydroxylation is 1. The van der Waals surface area contributed by atoms with Gasteiger partial charge in [-0.05, 0) is 49.2 Å². The van der Waals surface area contributed by atoms with Gasteiger partial charge in [-0.3, -0.25) is 4.79 Å². The Bertz CT molecular complexity index is 971. The highest BCUT2D eigenvalue weighted by molar-refractivity contribution is 7.99. The molecule has 0 radical (unpaired) electrons. The van der Waals surface area contributed by atoms with Crippen LogP contribution in [0.2, 0.25) is 5.02 Å². The van der Waals surface area contributed by atoms with Crippen LogP contribution in [0, 0.1) is 13.8 Å². The summed E-state index contributed by atoms with van der Waals surface area (Å²) >= 11 is 7.92. The van der Waals surface area contributed by atoms with Crippen LogP contribution in [-0.2, 0) is 10.0 Å². The van der Waals surface area contributed by atoms with Crippen molar-refractivity contribution < 1.29 is 13.2 Å². The molecule has 8 heteroatoms. The first-order chi connectivity index (χ1) is 12.8. The Morgan fingerprint density at radius 1 is 1.15 bits per heavy atom. The van der Waals surface area contributed by atoms with E-state index < -0.39 is 15.9 Å². The molecule has 1 fully saturated rings. The van der Waals surface area contributed by atoms with Gasteiger partial charge in [0.2, 0.25) is 10.0 Å². The lowest BCUT2D eigenvalue weighted by Crippen LogP contribution is -2.37. The Hall–Kier alpha value is -1.54. The largest absolute Gasteiger partial charge is 0.322 e. The van der Waals surface area contributed by atoms with Crippen LogP contribution in [0.1, 0.15) is 21.5 Å². The molecular weight excluding hydrogens is 404 g/mol. The van der Waals surface area contributed by atoms with Crippen LogP contribution in [0.5, 0.6) is 0 Å². The number of nitrogens with one attached hydrogen (secondary N) is 1. The smallest absolute Gasteiger partial charge is 0.257 e. The number of sulfonamides is 1. The van der Waals surface area contributed by atoms with Crippen LogP contribution in [0.3, 0.4) is 0 Å².